The van der Waals surface area contributed by atoms with Gasteiger partial charge in [-0.2, -0.15) is 0 Å². The number of carbonyl (C=O) groups excluding carboxylic acids is 2. The topological polar surface area (TPSA) is 234 Å². The fourth-order valence-corrected chi connectivity index (χ4v) is 7.72. The summed E-state index contributed by atoms with van der Waals surface area (Å²) < 4.78 is 13.8. The van der Waals surface area contributed by atoms with Crippen LogP contribution >= 0.6 is 0 Å². The Balaban J connectivity index is 0.893. The van der Waals surface area contributed by atoms with Crippen LogP contribution < -0.4 is 25.8 Å². The average Bonchev–Trinajstić information content (AvgIpc) is 3.94. The van der Waals surface area contributed by atoms with Crippen LogP contribution in [-0.4, -0.2) is 139 Å². The monoisotopic (exact) mass is 843 g/mol. The second kappa shape index (κ2) is 17.8. The van der Waals surface area contributed by atoms with Crippen molar-refractivity contribution in [2.75, 3.05) is 71.8 Å². The molecule has 2 amide bonds. The van der Waals surface area contributed by atoms with E-state index in [9.17, 15) is 19.8 Å². The first kappa shape index (κ1) is 41.6. The Bertz CT molecular complexity index is 2530. The molecule has 3 aliphatic heterocycles. The van der Waals surface area contributed by atoms with Crippen molar-refractivity contribution in [2.45, 2.75) is 33.2 Å². The molecule has 5 aromatic rings. The summed E-state index contributed by atoms with van der Waals surface area (Å²) in [5.41, 5.74) is 9.91. The van der Waals surface area contributed by atoms with Crippen LogP contribution in [0.2, 0.25) is 0 Å². The van der Waals surface area contributed by atoms with Crippen LogP contribution in [0.5, 0.6) is 23.0 Å². The number of nitrogen functional groups attached to an aromatic ring is 1. The zero-order valence-electron chi connectivity index (χ0n) is 35.0. The third-order valence-electron chi connectivity index (χ3n) is 11.0. The Morgan fingerprint density at radius 1 is 0.903 bits per heavy atom. The molecule has 1 fully saturated rings. The van der Waals surface area contributed by atoms with Crippen molar-refractivity contribution < 1.29 is 29.3 Å². The van der Waals surface area contributed by atoms with Gasteiger partial charge in [-0.05, 0) is 54.3 Å². The van der Waals surface area contributed by atoms with E-state index in [-0.39, 0.29) is 40.6 Å². The molecule has 8 rings (SSSR count). The number of benzene rings is 3. The van der Waals surface area contributed by atoms with Crippen molar-refractivity contribution in [3.8, 4) is 40.1 Å². The molecule has 1 saturated heterocycles. The lowest BCUT2D eigenvalue weighted by atomic mass is 9.98. The number of aromatic hydroxyl groups is 2. The highest BCUT2D eigenvalue weighted by atomic mass is 16.5. The molecule has 3 aliphatic rings. The Hall–Kier alpha value is -7.12. The number of hydrogen-bond acceptors (Lipinski definition) is 16. The van der Waals surface area contributed by atoms with Crippen LogP contribution in [-0.2, 0) is 6.54 Å². The number of phenols is 2. The molecule has 0 spiro atoms. The van der Waals surface area contributed by atoms with Crippen molar-refractivity contribution in [3.63, 3.8) is 0 Å². The van der Waals surface area contributed by atoms with E-state index in [2.05, 4.69) is 45.6 Å². The lowest BCUT2D eigenvalue weighted by molar-refractivity contribution is 0.0941. The largest absolute Gasteiger partial charge is 0.508 e. The number of anilines is 1. The maximum absolute atomic E-state index is 13.1. The van der Waals surface area contributed by atoms with E-state index in [0.29, 0.717) is 78.6 Å². The molecular weight excluding hydrogens is 795 g/mol. The third kappa shape index (κ3) is 8.44. The predicted octanol–water partition coefficient (Wildman–Crippen LogP) is 3.29. The summed E-state index contributed by atoms with van der Waals surface area (Å²) in [6.45, 7) is 12.6. The molecule has 0 unspecified atom stereocenters. The van der Waals surface area contributed by atoms with E-state index in [4.69, 9.17) is 20.2 Å². The summed E-state index contributed by atoms with van der Waals surface area (Å²) in [6, 6.07) is 14.7. The first-order chi connectivity index (χ1) is 30.0. The number of piperazine rings is 1. The van der Waals surface area contributed by atoms with Gasteiger partial charge in [-0.3, -0.25) is 39.2 Å². The quantitative estimate of drug-likeness (QED) is 0.115. The molecule has 0 saturated carbocycles. The first-order valence-electron chi connectivity index (χ1n) is 20.5. The normalized spacial score (nSPS) is 15.1. The van der Waals surface area contributed by atoms with E-state index in [0.717, 1.165) is 43.9 Å². The lowest BCUT2D eigenvalue weighted by Crippen LogP contribution is -2.47. The molecule has 0 radical (unpaired) electrons. The van der Waals surface area contributed by atoms with E-state index in [1.165, 1.54) is 18.5 Å². The maximum atomic E-state index is 13.1. The highest BCUT2D eigenvalue weighted by molar-refractivity contribution is 6.20. The van der Waals surface area contributed by atoms with Crippen LogP contribution in [0.1, 0.15) is 64.4 Å². The van der Waals surface area contributed by atoms with Gasteiger partial charge in [0.05, 0.1) is 24.8 Å². The minimum absolute atomic E-state index is 0.0128. The fraction of sp³-hybridized carbons (Fsp3) is 0.349. The molecule has 0 aliphatic carbocycles. The Labute approximate surface area is 357 Å². The van der Waals surface area contributed by atoms with Gasteiger partial charge in [0, 0.05) is 82.1 Å². The van der Waals surface area contributed by atoms with Crippen LogP contribution in [0.4, 0.5) is 11.6 Å². The Morgan fingerprint density at radius 2 is 1.65 bits per heavy atom. The van der Waals surface area contributed by atoms with Gasteiger partial charge in [-0.25, -0.2) is 15.0 Å². The smallest absolute Gasteiger partial charge is 0.289 e. The summed E-state index contributed by atoms with van der Waals surface area (Å²) in [7, 11) is 1.57. The maximum Gasteiger partial charge on any atom is 0.289 e. The number of methoxy groups -OCH3 is 1. The number of amides is 2. The van der Waals surface area contributed by atoms with Gasteiger partial charge >= 0.3 is 0 Å². The van der Waals surface area contributed by atoms with Crippen LogP contribution in [0, 0.1) is 0 Å². The predicted molar refractivity (Wildman–Crippen MR) is 232 cm³/mol. The molecule has 3 aromatic carbocycles. The number of nitrogens with one attached hydrogen (secondary N) is 2. The summed E-state index contributed by atoms with van der Waals surface area (Å²) in [6.07, 6.45) is 2.72. The summed E-state index contributed by atoms with van der Waals surface area (Å²) >= 11 is 0. The summed E-state index contributed by atoms with van der Waals surface area (Å²) in [5.74, 6) is 1.44. The van der Waals surface area contributed by atoms with Gasteiger partial charge in [0.25, 0.3) is 11.8 Å². The first-order valence-corrected chi connectivity index (χ1v) is 20.5. The number of nitrogens with zero attached hydrogens (tertiary/aromatic N) is 10. The highest BCUT2D eigenvalue weighted by Crippen LogP contribution is 2.43. The van der Waals surface area contributed by atoms with Crippen molar-refractivity contribution in [1.29, 1.82) is 0 Å². The van der Waals surface area contributed by atoms with Crippen molar-refractivity contribution >= 4 is 35.2 Å². The molecule has 2 aromatic heterocycles. The fourth-order valence-electron chi connectivity index (χ4n) is 7.72. The molecule has 0 bridgehead atoms. The Morgan fingerprint density at radius 3 is 2.35 bits per heavy atom. The number of fused-ring (bicyclic) bond motifs is 3. The van der Waals surface area contributed by atoms with Crippen LogP contribution in [0.15, 0.2) is 70.9 Å². The molecule has 5 heterocycles. The SMILES string of the molecule is CCNC(=O)c1nnc(-c2cc(C(C)C)c(O)cc2O)n1-c1ccc(CN2CCN(CCOc3ccc4c(c3OC)N=C(NC(=O)c3cnc(N)nc3)N3CCN=C43)CC2)cc1. The number of aliphatic imine (C=N–C) groups is 2. The number of ether oxygens (including phenoxy) is 2. The molecule has 322 valence electrons. The van der Waals surface area contributed by atoms with E-state index >= 15 is 0 Å². The number of guanidine groups is 1. The second-order valence-corrected chi connectivity index (χ2v) is 15.3. The Kier molecular flexibility index (Phi) is 12.0. The number of carbonyl (C=O) groups is 2. The van der Waals surface area contributed by atoms with E-state index < -0.39 is 11.8 Å². The third-order valence-corrected chi connectivity index (χ3v) is 11.0. The van der Waals surface area contributed by atoms with E-state index in [1.54, 1.807) is 17.7 Å². The molecule has 19 heteroatoms. The zero-order chi connectivity index (χ0) is 43.5. The van der Waals surface area contributed by atoms with Gasteiger partial charge in [-0.15, -0.1) is 10.2 Å². The standard InChI is InChI=1S/C43H49N13O6/c1-5-45-41(60)39-52-51-38(31-20-30(25(2)3)32(57)21-33(31)58)56(39)28-8-6-26(7-9-28)24-54-16-14-53(15-17-54)18-19-62-34-11-10-29-35(36(34)61-4)49-43(55-13-12-46-37(29)55)50-40(59)27-22-47-42(44)48-23-27/h6-11,20-23,25,57-58H,5,12-19,24H2,1-4H3,(H,45,60)(H2,44,47,48)(H,49,50,59). The number of phenolic OH excluding ortho intramolecular Hbond substituents is 2. The number of rotatable bonds is 13. The highest BCUT2D eigenvalue weighted by Gasteiger charge is 2.34. The second-order valence-electron chi connectivity index (χ2n) is 15.3. The number of aromatic nitrogens is 5. The van der Waals surface area contributed by atoms with Gasteiger partial charge < -0.3 is 30.7 Å². The van der Waals surface area contributed by atoms with Crippen molar-refractivity contribution in [1.82, 2.24) is 50.1 Å². The molecule has 0 atom stereocenters. The van der Waals surface area contributed by atoms with E-state index in [1.807, 2.05) is 62.1 Å². The molecule has 62 heavy (non-hydrogen) atoms. The summed E-state index contributed by atoms with van der Waals surface area (Å²) in [5, 5.41) is 35.6. The number of nitrogens with two attached hydrogens (primary N) is 1. The van der Waals surface area contributed by atoms with Crippen LogP contribution in [0.3, 0.4) is 0 Å². The molecule has 19 nitrogen and oxygen atoms in total. The van der Waals surface area contributed by atoms with Gasteiger partial charge in [0.1, 0.15) is 29.6 Å². The van der Waals surface area contributed by atoms with Crippen LogP contribution in [0.25, 0.3) is 17.1 Å². The van der Waals surface area contributed by atoms with Gasteiger partial charge in [0.15, 0.2) is 17.3 Å². The zero-order valence-corrected chi connectivity index (χ0v) is 35.0. The number of hydrogen-bond donors (Lipinski definition) is 5. The molecular formula is C43H49N13O6. The summed E-state index contributed by atoms with van der Waals surface area (Å²) in [4.78, 5) is 50.1. The molecule has 6 N–H and O–H groups in total. The van der Waals surface area contributed by atoms with Crippen molar-refractivity contribution in [2.24, 2.45) is 9.98 Å². The van der Waals surface area contributed by atoms with Crippen molar-refractivity contribution in [3.05, 3.63) is 89.0 Å². The number of amidine groups is 1. The minimum atomic E-state index is -0.428. The van der Waals surface area contributed by atoms with Gasteiger partial charge in [-0.1, -0.05) is 26.0 Å². The minimum Gasteiger partial charge on any atom is -0.508 e. The van der Waals surface area contributed by atoms with Gasteiger partial charge in [0.2, 0.25) is 17.7 Å². The lowest BCUT2D eigenvalue weighted by Gasteiger charge is -2.34. The average molecular weight is 844 g/mol.